The lowest BCUT2D eigenvalue weighted by atomic mass is 10.3. The molecular weight excluding hydrogens is 260 g/mol. The van der Waals surface area contributed by atoms with Gasteiger partial charge in [0.25, 0.3) is 5.91 Å². The van der Waals surface area contributed by atoms with Crippen LogP contribution in [-0.2, 0) is 4.79 Å². The number of hydrazine groups is 1. The van der Waals surface area contributed by atoms with E-state index in [1.54, 1.807) is 37.3 Å². The molecule has 20 heavy (non-hydrogen) atoms. The van der Waals surface area contributed by atoms with Crippen LogP contribution in [0.4, 0.5) is 0 Å². The van der Waals surface area contributed by atoms with Crippen LogP contribution in [0.5, 0.6) is 5.75 Å². The van der Waals surface area contributed by atoms with Crippen LogP contribution in [0.15, 0.2) is 53.1 Å². The third kappa shape index (κ3) is 3.61. The Kier molecular flexibility index (Phi) is 4.39. The maximum absolute atomic E-state index is 11.7. The number of benzene rings is 1. The molecule has 2 amide bonds. The van der Waals surface area contributed by atoms with Gasteiger partial charge < -0.3 is 9.15 Å². The van der Waals surface area contributed by atoms with Crippen molar-refractivity contribution in [2.24, 2.45) is 0 Å². The zero-order chi connectivity index (χ0) is 14.4. The van der Waals surface area contributed by atoms with Gasteiger partial charge in [-0.05, 0) is 31.2 Å². The minimum absolute atomic E-state index is 0.113. The number of hydrogen-bond donors (Lipinski definition) is 2. The molecule has 0 aliphatic heterocycles. The summed E-state index contributed by atoms with van der Waals surface area (Å²) in [6, 6.07) is 12.0. The molecule has 0 spiro atoms. The van der Waals surface area contributed by atoms with E-state index < -0.39 is 17.9 Å². The lowest BCUT2D eigenvalue weighted by Gasteiger charge is -2.14. The van der Waals surface area contributed by atoms with Crippen molar-refractivity contribution in [2.75, 3.05) is 0 Å². The van der Waals surface area contributed by atoms with Gasteiger partial charge in [-0.25, -0.2) is 0 Å². The lowest BCUT2D eigenvalue weighted by molar-refractivity contribution is -0.128. The highest BCUT2D eigenvalue weighted by atomic mass is 16.5. The molecule has 2 aromatic rings. The van der Waals surface area contributed by atoms with Gasteiger partial charge in [-0.1, -0.05) is 18.2 Å². The summed E-state index contributed by atoms with van der Waals surface area (Å²) in [7, 11) is 0. The van der Waals surface area contributed by atoms with E-state index in [0.29, 0.717) is 5.75 Å². The van der Waals surface area contributed by atoms with Crippen LogP contribution in [0.25, 0.3) is 0 Å². The summed E-state index contributed by atoms with van der Waals surface area (Å²) in [5.74, 6) is -0.307. The van der Waals surface area contributed by atoms with Crippen molar-refractivity contribution in [3.05, 3.63) is 54.5 Å². The topological polar surface area (TPSA) is 80.6 Å². The van der Waals surface area contributed by atoms with E-state index in [1.807, 2.05) is 6.07 Å². The van der Waals surface area contributed by atoms with Crippen molar-refractivity contribution in [2.45, 2.75) is 13.0 Å². The average Bonchev–Trinajstić information content (AvgIpc) is 2.99. The molecule has 0 aliphatic rings. The largest absolute Gasteiger partial charge is 0.481 e. The molecule has 0 saturated carbocycles. The Bertz CT molecular complexity index is 566. The van der Waals surface area contributed by atoms with E-state index in [0.717, 1.165) is 0 Å². The summed E-state index contributed by atoms with van der Waals surface area (Å²) in [6.45, 7) is 1.58. The highest BCUT2D eigenvalue weighted by molar-refractivity contribution is 5.93. The van der Waals surface area contributed by atoms with Crippen LogP contribution < -0.4 is 15.6 Å². The fourth-order valence-electron chi connectivity index (χ4n) is 1.45. The molecule has 1 heterocycles. The van der Waals surface area contributed by atoms with Gasteiger partial charge in [-0.2, -0.15) is 0 Å². The molecule has 6 heteroatoms. The van der Waals surface area contributed by atoms with Crippen molar-refractivity contribution in [1.82, 2.24) is 10.9 Å². The van der Waals surface area contributed by atoms with Crippen molar-refractivity contribution in [3.63, 3.8) is 0 Å². The molecule has 0 fully saturated rings. The summed E-state index contributed by atoms with van der Waals surface area (Å²) < 4.78 is 10.3. The highest BCUT2D eigenvalue weighted by Crippen LogP contribution is 2.10. The first-order chi connectivity index (χ1) is 9.66. The fourth-order valence-corrected chi connectivity index (χ4v) is 1.45. The smallest absolute Gasteiger partial charge is 0.305 e. The molecule has 0 saturated heterocycles. The number of para-hydroxylation sites is 1. The van der Waals surface area contributed by atoms with E-state index in [9.17, 15) is 9.59 Å². The van der Waals surface area contributed by atoms with Crippen LogP contribution in [0.2, 0.25) is 0 Å². The zero-order valence-corrected chi connectivity index (χ0v) is 10.8. The zero-order valence-electron chi connectivity index (χ0n) is 10.8. The predicted molar refractivity (Wildman–Crippen MR) is 70.8 cm³/mol. The summed E-state index contributed by atoms with van der Waals surface area (Å²) in [4.78, 5) is 23.3. The third-order valence-corrected chi connectivity index (χ3v) is 2.47. The number of hydrogen-bond acceptors (Lipinski definition) is 4. The number of amides is 2. The fraction of sp³-hybridized carbons (Fsp3) is 0.143. The van der Waals surface area contributed by atoms with Gasteiger partial charge >= 0.3 is 5.91 Å². The molecule has 6 nitrogen and oxygen atoms in total. The Morgan fingerprint density at radius 3 is 2.50 bits per heavy atom. The molecule has 2 N–H and O–H groups in total. The molecule has 1 aromatic carbocycles. The van der Waals surface area contributed by atoms with E-state index in [-0.39, 0.29) is 5.76 Å². The number of nitrogens with one attached hydrogen (secondary N) is 2. The number of carbonyl (C=O) groups excluding carboxylic acids is 2. The normalized spacial score (nSPS) is 11.4. The van der Waals surface area contributed by atoms with Crippen LogP contribution in [0, 0.1) is 0 Å². The molecule has 1 aromatic heterocycles. The summed E-state index contributed by atoms with van der Waals surface area (Å²) >= 11 is 0. The molecule has 2 rings (SSSR count). The number of carbonyl (C=O) groups is 2. The minimum atomic E-state index is -0.741. The summed E-state index contributed by atoms with van der Waals surface area (Å²) in [6.07, 6.45) is 0.632. The van der Waals surface area contributed by atoms with E-state index in [2.05, 4.69) is 10.9 Å². The van der Waals surface area contributed by atoms with Crippen LogP contribution in [0.3, 0.4) is 0 Å². The average molecular weight is 274 g/mol. The van der Waals surface area contributed by atoms with Crippen LogP contribution in [-0.4, -0.2) is 17.9 Å². The third-order valence-electron chi connectivity index (χ3n) is 2.47. The molecule has 0 unspecified atom stereocenters. The molecule has 0 bridgehead atoms. The number of rotatable bonds is 4. The van der Waals surface area contributed by atoms with Gasteiger partial charge in [0.1, 0.15) is 5.75 Å². The van der Waals surface area contributed by atoms with Crippen molar-refractivity contribution in [3.8, 4) is 5.75 Å². The molecule has 0 aliphatic carbocycles. The standard InChI is InChI=1S/C14H14N2O4/c1-10(20-11-6-3-2-4-7-11)13(17)15-16-14(18)12-8-5-9-19-12/h2-10H,1H3,(H,15,17)(H,16,18)/t10-/m1/s1. The predicted octanol–water partition coefficient (Wildman–Crippen LogP) is 1.51. The van der Waals surface area contributed by atoms with Crippen molar-refractivity contribution >= 4 is 11.8 Å². The molecular formula is C14H14N2O4. The highest BCUT2D eigenvalue weighted by Gasteiger charge is 2.16. The summed E-state index contributed by atoms with van der Waals surface area (Å²) in [5.41, 5.74) is 4.51. The van der Waals surface area contributed by atoms with E-state index >= 15 is 0 Å². The number of ether oxygens (including phenoxy) is 1. The second-order valence-corrected chi connectivity index (χ2v) is 3.99. The molecule has 104 valence electrons. The van der Waals surface area contributed by atoms with Gasteiger partial charge in [-0.3, -0.25) is 20.4 Å². The summed E-state index contributed by atoms with van der Waals surface area (Å²) in [5, 5.41) is 0. The number of furan rings is 1. The first kappa shape index (κ1) is 13.7. The Hall–Kier alpha value is -2.76. The maximum Gasteiger partial charge on any atom is 0.305 e. The Morgan fingerprint density at radius 1 is 1.10 bits per heavy atom. The Labute approximate surface area is 115 Å². The van der Waals surface area contributed by atoms with Gasteiger partial charge in [0, 0.05) is 0 Å². The quantitative estimate of drug-likeness (QED) is 0.828. The van der Waals surface area contributed by atoms with Gasteiger partial charge in [0.2, 0.25) is 0 Å². The van der Waals surface area contributed by atoms with Crippen LogP contribution >= 0.6 is 0 Å². The Morgan fingerprint density at radius 2 is 1.85 bits per heavy atom. The van der Waals surface area contributed by atoms with E-state index in [4.69, 9.17) is 9.15 Å². The minimum Gasteiger partial charge on any atom is -0.481 e. The maximum atomic E-state index is 11.7. The second-order valence-electron chi connectivity index (χ2n) is 3.99. The first-order valence-corrected chi connectivity index (χ1v) is 6.02. The molecule has 1 atom stereocenters. The monoisotopic (exact) mass is 274 g/mol. The van der Waals surface area contributed by atoms with Crippen molar-refractivity contribution < 1.29 is 18.7 Å². The van der Waals surface area contributed by atoms with Crippen LogP contribution in [0.1, 0.15) is 17.5 Å². The van der Waals surface area contributed by atoms with Gasteiger partial charge in [0.15, 0.2) is 11.9 Å². The first-order valence-electron chi connectivity index (χ1n) is 6.02. The SMILES string of the molecule is C[C@@H](Oc1ccccc1)C(=O)NNC(=O)c1ccco1. The van der Waals surface area contributed by atoms with E-state index in [1.165, 1.54) is 12.3 Å². The van der Waals surface area contributed by atoms with Crippen molar-refractivity contribution in [1.29, 1.82) is 0 Å². The molecule has 0 radical (unpaired) electrons. The van der Waals surface area contributed by atoms with Gasteiger partial charge in [-0.15, -0.1) is 0 Å². The van der Waals surface area contributed by atoms with Gasteiger partial charge in [0.05, 0.1) is 6.26 Å². The lowest BCUT2D eigenvalue weighted by Crippen LogP contribution is -2.47. The second kappa shape index (κ2) is 6.42. The Balaban J connectivity index is 1.81.